The van der Waals surface area contributed by atoms with Gasteiger partial charge in [-0.2, -0.15) is 0 Å². The summed E-state index contributed by atoms with van der Waals surface area (Å²) in [5.74, 6) is -0.368. The number of amides is 1. The van der Waals surface area contributed by atoms with E-state index < -0.39 is 6.10 Å². The van der Waals surface area contributed by atoms with Gasteiger partial charge in [0.05, 0.1) is 6.10 Å². The monoisotopic (exact) mass is 277 g/mol. The molecule has 3 nitrogen and oxygen atoms in total. The summed E-state index contributed by atoms with van der Waals surface area (Å²) in [6.07, 6.45) is 1.67. The van der Waals surface area contributed by atoms with Crippen LogP contribution in [0.4, 0.5) is 4.39 Å². The summed E-state index contributed by atoms with van der Waals surface area (Å²) >= 11 is 0. The van der Waals surface area contributed by atoms with Crippen LogP contribution in [0.15, 0.2) is 35.9 Å². The topological polar surface area (TPSA) is 40.5 Å². The van der Waals surface area contributed by atoms with E-state index in [9.17, 15) is 14.3 Å². The van der Waals surface area contributed by atoms with Crippen molar-refractivity contribution in [3.8, 4) is 0 Å². The van der Waals surface area contributed by atoms with Crippen molar-refractivity contribution in [2.24, 2.45) is 0 Å². The van der Waals surface area contributed by atoms with E-state index in [0.717, 1.165) is 11.1 Å². The number of aliphatic hydroxyl groups excluding tert-OH is 1. The quantitative estimate of drug-likeness (QED) is 0.844. The van der Waals surface area contributed by atoms with Gasteiger partial charge < -0.3 is 10.0 Å². The van der Waals surface area contributed by atoms with E-state index in [4.69, 9.17) is 0 Å². The lowest BCUT2D eigenvalue weighted by Crippen LogP contribution is -2.45. The molecule has 1 aliphatic rings. The Morgan fingerprint density at radius 2 is 2.00 bits per heavy atom. The van der Waals surface area contributed by atoms with Crippen LogP contribution in [-0.2, 0) is 4.79 Å². The van der Waals surface area contributed by atoms with Gasteiger partial charge in [0, 0.05) is 25.1 Å². The zero-order chi connectivity index (χ0) is 14.7. The number of carbonyl (C=O) groups excluding carboxylic acids is 1. The largest absolute Gasteiger partial charge is 0.391 e. The van der Waals surface area contributed by atoms with Crippen molar-refractivity contribution in [3.63, 3.8) is 0 Å². The minimum absolute atomic E-state index is 0.0358. The van der Waals surface area contributed by atoms with Crippen LogP contribution in [-0.4, -0.2) is 35.1 Å². The highest BCUT2D eigenvalue weighted by Gasteiger charge is 2.30. The number of aliphatic hydroxyl groups is 1. The van der Waals surface area contributed by atoms with E-state index in [2.05, 4.69) is 0 Å². The highest BCUT2D eigenvalue weighted by atomic mass is 19.1. The van der Waals surface area contributed by atoms with Gasteiger partial charge in [0.25, 0.3) is 0 Å². The summed E-state index contributed by atoms with van der Waals surface area (Å²) in [6, 6.07) is 6.22. The molecule has 1 heterocycles. The summed E-state index contributed by atoms with van der Waals surface area (Å²) in [4.78, 5) is 13.6. The SMILES string of the molecule is CC(C)=CC(=O)N1CC[C@@H](c2ccc(F)cc2)[C@H](O)C1. The van der Waals surface area contributed by atoms with E-state index >= 15 is 0 Å². The standard InChI is InChI=1S/C16H20FNO2/c1-11(2)9-16(20)18-8-7-14(15(19)10-18)12-3-5-13(17)6-4-12/h3-6,9,14-15,19H,7-8,10H2,1-2H3/t14-,15+/m0/s1. The molecule has 1 aromatic carbocycles. The van der Waals surface area contributed by atoms with E-state index in [1.165, 1.54) is 12.1 Å². The van der Waals surface area contributed by atoms with Gasteiger partial charge in [0.1, 0.15) is 5.82 Å². The molecule has 2 atom stereocenters. The maximum atomic E-state index is 12.9. The Hall–Kier alpha value is -1.68. The zero-order valence-corrected chi connectivity index (χ0v) is 11.8. The molecular weight excluding hydrogens is 257 g/mol. The molecule has 108 valence electrons. The van der Waals surface area contributed by atoms with Gasteiger partial charge in [0.2, 0.25) is 5.91 Å². The van der Waals surface area contributed by atoms with Crippen molar-refractivity contribution in [2.45, 2.75) is 32.3 Å². The average Bonchev–Trinajstić information content (AvgIpc) is 2.39. The van der Waals surface area contributed by atoms with E-state index in [0.29, 0.717) is 19.5 Å². The number of β-amino-alcohol motifs (C(OH)–C–C–N with tert-alkyl or cyclic N) is 1. The number of hydrogen-bond acceptors (Lipinski definition) is 2. The van der Waals surface area contributed by atoms with Crippen molar-refractivity contribution >= 4 is 5.91 Å². The summed E-state index contributed by atoms with van der Waals surface area (Å²) in [5.41, 5.74) is 1.87. The number of allylic oxidation sites excluding steroid dienone is 1. The van der Waals surface area contributed by atoms with E-state index in [1.54, 1.807) is 23.1 Å². The molecule has 1 saturated heterocycles. The molecule has 0 aromatic heterocycles. The smallest absolute Gasteiger partial charge is 0.246 e. The molecule has 1 aliphatic heterocycles. The first-order chi connectivity index (χ1) is 9.47. The number of rotatable bonds is 2. The maximum absolute atomic E-state index is 12.9. The lowest BCUT2D eigenvalue weighted by atomic mass is 9.87. The van der Waals surface area contributed by atoms with Crippen molar-refractivity contribution in [1.82, 2.24) is 4.90 Å². The fraction of sp³-hybridized carbons (Fsp3) is 0.438. The van der Waals surface area contributed by atoms with Crippen LogP contribution in [0.2, 0.25) is 0 Å². The molecular formula is C16H20FNO2. The number of likely N-dealkylation sites (tertiary alicyclic amines) is 1. The first kappa shape index (κ1) is 14.7. The van der Waals surface area contributed by atoms with Crippen molar-refractivity contribution in [3.05, 3.63) is 47.3 Å². The normalized spacial score (nSPS) is 22.5. The van der Waals surface area contributed by atoms with Crippen molar-refractivity contribution in [1.29, 1.82) is 0 Å². The fourth-order valence-corrected chi connectivity index (χ4v) is 2.57. The van der Waals surface area contributed by atoms with Crippen LogP contribution < -0.4 is 0 Å². The van der Waals surface area contributed by atoms with E-state index in [-0.39, 0.29) is 17.6 Å². The number of piperidine rings is 1. The fourth-order valence-electron chi connectivity index (χ4n) is 2.57. The van der Waals surface area contributed by atoms with Crippen LogP contribution in [0.1, 0.15) is 31.7 Å². The Morgan fingerprint density at radius 3 is 2.55 bits per heavy atom. The number of halogens is 1. The van der Waals surface area contributed by atoms with Crippen molar-refractivity contribution in [2.75, 3.05) is 13.1 Å². The predicted octanol–water partition coefficient (Wildman–Crippen LogP) is 2.47. The molecule has 0 radical (unpaired) electrons. The Labute approximate surface area is 118 Å². The van der Waals surface area contributed by atoms with Gasteiger partial charge in [-0.3, -0.25) is 4.79 Å². The number of benzene rings is 1. The number of hydrogen-bond donors (Lipinski definition) is 1. The Kier molecular flexibility index (Phi) is 4.55. The second kappa shape index (κ2) is 6.18. The zero-order valence-electron chi connectivity index (χ0n) is 11.8. The molecule has 1 aromatic rings. The van der Waals surface area contributed by atoms with Crippen LogP contribution in [0, 0.1) is 5.82 Å². The van der Waals surface area contributed by atoms with Crippen LogP contribution in [0.5, 0.6) is 0 Å². The van der Waals surface area contributed by atoms with Gasteiger partial charge in [-0.15, -0.1) is 0 Å². The lowest BCUT2D eigenvalue weighted by molar-refractivity contribution is -0.129. The molecule has 0 unspecified atom stereocenters. The van der Waals surface area contributed by atoms with Gasteiger partial charge in [0.15, 0.2) is 0 Å². The number of carbonyl (C=O) groups is 1. The van der Waals surface area contributed by atoms with Crippen LogP contribution in [0.25, 0.3) is 0 Å². The average molecular weight is 277 g/mol. The highest BCUT2D eigenvalue weighted by Crippen LogP contribution is 2.28. The van der Waals surface area contributed by atoms with Gasteiger partial charge in [-0.05, 0) is 38.0 Å². The minimum Gasteiger partial charge on any atom is -0.391 e. The Balaban J connectivity index is 2.04. The lowest BCUT2D eigenvalue weighted by Gasteiger charge is -2.35. The molecule has 1 fully saturated rings. The molecule has 20 heavy (non-hydrogen) atoms. The summed E-state index contributed by atoms with van der Waals surface area (Å²) < 4.78 is 12.9. The molecule has 4 heteroatoms. The first-order valence-corrected chi connectivity index (χ1v) is 6.84. The Bertz CT molecular complexity index is 506. The summed E-state index contributed by atoms with van der Waals surface area (Å²) in [7, 11) is 0. The van der Waals surface area contributed by atoms with Crippen LogP contribution >= 0.6 is 0 Å². The van der Waals surface area contributed by atoms with E-state index in [1.807, 2.05) is 13.8 Å². The maximum Gasteiger partial charge on any atom is 0.246 e. The van der Waals surface area contributed by atoms with Gasteiger partial charge >= 0.3 is 0 Å². The molecule has 2 rings (SSSR count). The minimum atomic E-state index is -0.608. The highest BCUT2D eigenvalue weighted by molar-refractivity contribution is 5.88. The van der Waals surface area contributed by atoms with Crippen LogP contribution in [0.3, 0.4) is 0 Å². The second-order valence-electron chi connectivity index (χ2n) is 5.52. The molecule has 1 N–H and O–H groups in total. The third-order valence-electron chi connectivity index (χ3n) is 3.60. The third-order valence-corrected chi connectivity index (χ3v) is 3.60. The first-order valence-electron chi connectivity index (χ1n) is 6.84. The van der Waals surface area contributed by atoms with Crippen molar-refractivity contribution < 1.29 is 14.3 Å². The summed E-state index contributed by atoms with van der Waals surface area (Å²) in [6.45, 7) is 4.69. The molecule has 0 spiro atoms. The molecule has 0 bridgehead atoms. The van der Waals surface area contributed by atoms with Gasteiger partial charge in [-0.1, -0.05) is 17.7 Å². The third kappa shape index (κ3) is 3.45. The second-order valence-corrected chi connectivity index (χ2v) is 5.52. The Morgan fingerprint density at radius 1 is 1.35 bits per heavy atom. The summed E-state index contributed by atoms with van der Waals surface area (Å²) in [5, 5.41) is 10.2. The predicted molar refractivity (Wildman–Crippen MR) is 75.8 cm³/mol. The molecule has 1 amide bonds. The van der Waals surface area contributed by atoms with Gasteiger partial charge in [-0.25, -0.2) is 4.39 Å². The molecule has 0 saturated carbocycles. The number of nitrogens with zero attached hydrogens (tertiary/aromatic N) is 1. The molecule has 0 aliphatic carbocycles.